The molecule has 2 heterocycles. The Hall–Kier alpha value is -2.69. The van der Waals surface area contributed by atoms with Gasteiger partial charge in [0.15, 0.2) is 0 Å². The first-order valence-corrected chi connectivity index (χ1v) is 7.31. The van der Waals surface area contributed by atoms with Gasteiger partial charge in [-0.3, -0.25) is 14.6 Å². The van der Waals surface area contributed by atoms with Crippen LogP contribution in [0.5, 0.6) is 0 Å². The van der Waals surface area contributed by atoms with Gasteiger partial charge in [-0.2, -0.15) is 0 Å². The van der Waals surface area contributed by atoms with E-state index < -0.39 is 0 Å². The first-order valence-electron chi connectivity index (χ1n) is 7.31. The monoisotopic (exact) mass is 295 g/mol. The molecule has 1 aliphatic rings. The van der Waals surface area contributed by atoms with E-state index in [-0.39, 0.29) is 11.8 Å². The van der Waals surface area contributed by atoms with Crippen molar-refractivity contribution in [1.82, 2.24) is 10.3 Å². The average Bonchev–Trinajstić information content (AvgIpc) is 3.00. The van der Waals surface area contributed by atoms with E-state index in [1.165, 1.54) is 6.20 Å². The molecule has 0 saturated carbocycles. The molecule has 2 amide bonds. The molecule has 1 saturated heterocycles. The number of carbonyl (C=O) groups excluding carboxylic acids is 2. The fourth-order valence-electron chi connectivity index (χ4n) is 2.50. The Morgan fingerprint density at radius 2 is 2.05 bits per heavy atom. The smallest absolute Gasteiger partial charge is 0.253 e. The van der Waals surface area contributed by atoms with Gasteiger partial charge in [-0.05, 0) is 36.2 Å². The van der Waals surface area contributed by atoms with Gasteiger partial charge in [-0.15, -0.1) is 0 Å². The number of rotatable bonds is 4. The zero-order valence-corrected chi connectivity index (χ0v) is 12.2. The average molecular weight is 295 g/mol. The second kappa shape index (κ2) is 6.39. The Kier molecular flexibility index (Phi) is 4.14. The molecular weight excluding hydrogens is 278 g/mol. The van der Waals surface area contributed by atoms with E-state index in [0.717, 1.165) is 24.2 Å². The van der Waals surface area contributed by atoms with Gasteiger partial charge < -0.3 is 10.2 Å². The Balaban J connectivity index is 1.59. The highest BCUT2D eigenvalue weighted by Crippen LogP contribution is 2.21. The second-order valence-corrected chi connectivity index (χ2v) is 5.24. The number of pyridine rings is 1. The zero-order chi connectivity index (χ0) is 15.4. The fourth-order valence-corrected chi connectivity index (χ4v) is 2.50. The molecule has 0 aliphatic carbocycles. The van der Waals surface area contributed by atoms with Gasteiger partial charge in [0.2, 0.25) is 5.91 Å². The van der Waals surface area contributed by atoms with Crippen molar-refractivity contribution in [1.29, 1.82) is 0 Å². The molecule has 0 unspecified atom stereocenters. The van der Waals surface area contributed by atoms with E-state index >= 15 is 0 Å². The number of aromatic nitrogens is 1. The summed E-state index contributed by atoms with van der Waals surface area (Å²) < 4.78 is 0. The van der Waals surface area contributed by atoms with Gasteiger partial charge >= 0.3 is 0 Å². The molecule has 1 fully saturated rings. The normalized spacial score (nSPS) is 14.2. The first-order chi connectivity index (χ1) is 10.7. The number of anilines is 1. The summed E-state index contributed by atoms with van der Waals surface area (Å²) in [5.74, 6) is 0.0320. The molecule has 1 aromatic carbocycles. The van der Waals surface area contributed by atoms with E-state index in [1.54, 1.807) is 23.2 Å². The first kappa shape index (κ1) is 14.3. The SMILES string of the molecule is O=C(NCc1ccc(N2CCCC2=O)cc1)c1cccnc1. The van der Waals surface area contributed by atoms with Crippen LogP contribution in [-0.4, -0.2) is 23.3 Å². The third-order valence-electron chi connectivity index (χ3n) is 3.70. The van der Waals surface area contributed by atoms with Gasteiger partial charge in [0.05, 0.1) is 5.56 Å². The van der Waals surface area contributed by atoms with Crippen LogP contribution in [0.15, 0.2) is 48.8 Å². The highest BCUT2D eigenvalue weighted by Gasteiger charge is 2.21. The van der Waals surface area contributed by atoms with Crippen molar-refractivity contribution < 1.29 is 9.59 Å². The summed E-state index contributed by atoms with van der Waals surface area (Å²) in [5, 5.41) is 2.85. The second-order valence-electron chi connectivity index (χ2n) is 5.24. The van der Waals surface area contributed by atoms with Crippen LogP contribution in [-0.2, 0) is 11.3 Å². The van der Waals surface area contributed by atoms with Crippen LogP contribution < -0.4 is 10.2 Å². The van der Waals surface area contributed by atoms with E-state index in [4.69, 9.17) is 0 Å². The van der Waals surface area contributed by atoms with Crippen molar-refractivity contribution >= 4 is 17.5 Å². The van der Waals surface area contributed by atoms with E-state index in [0.29, 0.717) is 18.5 Å². The van der Waals surface area contributed by atoms with Crippen LogP contribution >= 0.6 is 0 Å². The summed E-state index contributed by atoms with van der Waals surface area (Å²) in [6.45, 7) is 1.23. The predicted octanol–water partition coefficient (Wildman–Crippen LogP) is 2.14. The molecule has 1 N–H and O–H groups in total. The number of amides is 2. The lowest BCUT2D eigenvalue weighted by Crippen LogP contribution is -2.24. The zero-order valence-electron chi connectivity index (χ0n) is 12.2. The van der Waals surface area contributed by atoms with Crippen molar-refractivity contribution in [3.63, 3.8) is 0 Å². The van der Waals surface area contributed by atoms with Crippen LogP contribution in [0.25, 0.3) is 0 Å². The third-order valence-corrected chi connectivity index (χ3v) is 3.70. The molecule has 2 aromatic rings. The lowest BCUT2D eigenvalue weighted by atomic mass is 10.2. The molecular formula is C17H17N3O2. The Morgan fingerprint density at radius 1 is 1.23 bits per heavy atom. The molecule has 0 bridgehead atoms. The van der Waals surface area contributed by atoms with Crippen molar-refractivity contribution in [2.75, 3.05) is 11.4 Å². The predicted molar refractivity (Wildman–Crippen MR) is 83.4 cm³/mol. The fraction of sp³-hybridized carbons (Fsp3) is 0.235. The summed E-state index contributed by atoms with van der Waals surface area (Å²) in [5.41, 5.74) is 2.46. The third kappa shape index (κ3) is 3.14. The molecule has 112 valence electrons. The minimum atomic E-state index is -0.146. The highest BCUT2D eigenvalue weighted by molar-refractivity contribution is 5.95. The molecule has 0 spiro atoms. The Morgan fingerprint density at radius 3 is 2.68 bits per heavy atom. The minimum Gasteiger partial charge on any atom is -0.348 e. The van der Waals surface area contributed by atoms with Crippen LogP contribution in [0.3, 0.4) is 0 Å². The number of nitrogens with one attached hydrogen (secondary N) is 1. The molecule has 5 heteroatoms. The lowest BCUT2D eigenvalue weighted by molar-refractivity contribution is -0.117. The van der Waals surface area contributed by atoms with Crippen molar-refractivity contribution in [2.24, 2.45) is 0 Å². The molecule has 5 nitrogen and oxygen atoms in total. The number of hydrogen-bond donors (Lipinski definition) is 1. The van der Waals surface area contributed by atoms with Crippen LogP contribution in [0, 0.1) is 0 Å². The summed E-state index contributed by atoms with van der Waals surface area (Å²) in [4.78, 5) is 29.4. The van der Waals surface area contributed by atoms with Crippen LogP contribution in [0.2, 0.25) is 0 Å². The van der Waals surface area contributed by atoms with E-state index in [2.05, 4.69) is 10.3 Å². The molecule has 0 radical (unpaired) electrons. The van der Waals surface area contributed by atoms with Gasteiger partial charge in [0.1, 0.15) is 0 Å². The Labute approximate surface area is 129 Å². The number of hydrogen-bond acceptors (Lipinski definition) is 3. The van der Waals surface area contributed by atoms with Crippen molar-refractivity contribution in [3.05, 3.63) is 59.9 Å². The number of benzene rings is 1. The van der Waals surface area contributed by atoms with Gasteiger partial charge in [-0.25, -0.2) is 0 Å². The largest absolute Gasteiger partial charge is 0.348 e. The standard InChI is InChI=1S/C17H17N3O2/c21-16-4-2-10-20(16)15-7-5-13(6-8-15)11-19-17(22)14-3-1-9-18-12-14/h1,3,5-9,12H,2,4,10-11H2,(H,19,22). The molecule has 1 aliphatic heterocycles. The maximum Gasteiger partial charge on any atom is 0.253 e. The topological polar surface area (TPSA) is 62.3 Å². The summed E-state index contributed by atoms with van der Waals surface area (Å²) in [6, 6.07) is 11.2. The van der Waals surface area contributed by atoms with E-state index in [1.807, 2.05) is 24.3 Å². The maximum atomic E-state index is 11.9. The number of nitrogens with zero attached hydrogens (tertiary/aromatic N) is 2. The summed E-state index contributed by atoms with van der Waals surface area (Å²) >= 11 is 0. The molecule has 0 atom stereocenters. The van der Waals surface area contributed by atoms with Gasteiger partial charge in [0, 0.05) is 37.6 Å². The minimum absolute atomic E-state index is 0.146. The van der Waals surface area contributed by atoms with E-state index in [9.17, 15) is 9.59 Å². The Bertz CT molecular complexity index is 668. The maximum absolute atomic E-state index is 11.9. The van der Waals surface area contributed by atoms with Gasteiger partial charge in [0.25, 0.3) is 5.91 Å². The molecule has 22 heavy (non-hydrogen) atoms. The lowest BCUT2D eigenvalue weighted by Gasteiger charge is -2.16. The summed E-state index contributed by atoms with van der Waals surface area (Å²) in [7, 11) is 0. The van der Waals surface area contributed by atoms with Crippen molar-refractivity contribution in [2.45, 2.75) is 19.4 Å². The van der Waals surface area contributed by atoms with Crippen LogP contribution in [0.1, 0.15) is 28.8 Å². The molecule has 1 aromatic heterocycles. The van der Waals surface area contributed by atoms with Crippen molar-refractivity contribution in [3.8, 4) is 0 Å². The quantitative estimate of drug-likeness (QED) is 0.940. The highest BCUT2D eigenvalue weighted by atomic mass is 16.2. The molecule has 3 rings (SSSR count). The van der Waals surface area contributed by atoms with Gasteiger partial charge in [-0.1, -0.05) is 12.1 Å². The van der Waals surface area contributed by atoms with Crippen LogP contribution in [0.4, 0.5) is 5.69 Å². The summed E-state index contributed by atoms with van der Waals surface area (Å²) in [6.07, 6.45) is 4.72. The number of carbonyl (C=O) groups is 2.